The van der Waals surface area contributed by atoms with Gasteiger partial charge < -0.3 is 107 Å². The summed E-state index contributed by atoms with van der Waals surface area (Å²) in [6, 6.07) is 0. The van der Waals surface area contributed by atoms with Crippen LogP contribution in [0.3, 0.4) is 0 Å². The number of esters is 11. The van der Waals surface area contributed by atoms with Crippen LogP contribution in [-0.2, 0) is 174 Å². The maximum Gasteiger partial charge on any atom is 0.474 e. The number of hydrogen-bond acceptors (Lipinski definition) is 44. The fourth-order valence-electron chi connectivity index (χ4n) is 9.64. The highest BCUT2D eigenvalue weighted by Gasteiger charge is 2.58. The molecule has 49 heteroatoms. The molecule has 0 spiro atoms. The van der Waals surface area contributed by atoms with Gasteiger partial charge in [-0.3, -0.25) is 94.3 Å². The summed E-state index contributed by atoms with van der Waals surface area (Å²) in [5, 5.41) is 38.7. The molecule has 2 fully saturated rings. The molecule has 0 radical (unpaired) electrons. The summed E-state index contributed by atoms with van der Waals surface area (Å²) < 4.78 is 145. The van der Waals surface area contributed by atoms with E-state index in [-0.39, 0.29) is 58.5 Å². The highest BCUT2D eigenvalue weighted by Crippen LogP contribution is 2.55. The van der Waals surface area contributed by atoms with Crippen molar-refractivity contribution in [3.05, 3.63) is 36.3 Å². The van der Waals surface area contributed by atoms with Gasteiger partial charge in [0, 0.05) is 53.0 Å². The molecule has 3 aliphatic heterocycles. The standard InChI is InChI=1S/C35H53N2O21P.C30H45N4O20P/c1-9-50-31(43)34(28(41)15-47-8,16-48-20-53-24(6)38)18-56-59(46,55-14-27-26(40)12-29(58-27)37-13-22(4)30(42)36-23(37)5)57-19-35(32(44)51-10-2,33(45)52-11-3)17-49-21-54-25(7)39;1-7-45-25(40)29(12-49-17(5)35,26(41)46-8-2)14-52-55(44,53-15-30(13-50-18(6)36,27(42)47-9-3)28(43)48-10-4)51-11-19-20(37)21(38)24(54-19)34-16-32-23(33-34)22(31)39/h13,26-27,29,40H,5,9-12,14-21H2,1-4,6-8H3,(H,36,42);16,19-21,24,37-38H,7-15H2,1-6H3,(H2,31,39)/t26?,27-,29-,34?,59?;/m1./s1. The fraction of sp³-hybridized carbons (Fsp3) is 0.692. The van der Waals surface area contributed by atoms with Crippen molar-refractivity contribution in [2.45, 2.75) is 132 Å². The Hall–Kier alpha value is -8.90. The van der Waals surface area contributed by atoms with Crippen LogP contribution in [0.1, 0.15) is 106 Å². The Labute approximate surface area is 652 Å². The second kappa shape index (κ2) is 47.2. The Bertz CT molecular complexity index is 3430. The number of ether oxygens (including phenoxy) is 16. The molecule has 0 aromatic carbocycles. The molecule has 9 atom stereocenters. The van der Waals surface area contributed by atoms with Crippen molar-refractivity contribution in [1.82, 2.24) is 25.0 Å². The van der Waals surface area contributed by atoms with Gasteiger partial charge in [-0.2, -0.15) is 0 Å². The number of methoxy groups -OCH3 is 1. The summed E-state index contributed by atoms with van der Waals surface area (Å²) >= 11 is 0. The molecule has 47 nitrogen and oxygen atoms in total. The third kappa shape index (κ3) is 27.9. The van der Waals surface area contributed by atoms with Gasteiger partial charge in [0.05, 0.1) is 105 Å². The average molecular weight is 1680 g/mol. The van der Waals surface area contributed by atoms with Crippen molar-refractivity contribution in [3.8, 4) is 0 Å². The van der Waals surface area contributed by atoms with Crippen molar-refractivity contribution in [2.75, 3.05) is 140 Å². The Kier molecular flexibility index (Phi) is 41.1. The third-order valence-electron chi connectivity index (χ3n) is 15.7. The van der Waals surface area contributed by atoms with E-state index in [1.165, 1.54) is 66.5 Å². The summed E-state index contributed by atoms with van der Waals surface area (Å²) in [5.41, 5.74) is -5.00. The molecular formula is C65H98N6O41P2. The molecule has 2 saturated heterocycles. The van der Waals surface area contributed by atoms with Crippen molar-refractivity contribution < 1.29 is 195 Å². The van der Waals surface area contributed by atoms with Gasteiger partial charge in [0.1, 0.15) is 62.6 Å². The molecule has 3 aliphatic rings. The van der Waals surface area contributed by atoms with Crippen molar-refractivity contribution >= 4 is 98.9 Å². The average Bonchev–Trinajstić information content (AvgIpc) is 1.19. The molecule has 0 saturated carbocycles. The maximum atomic E-state index is 14.7. The van der Waals surface area contributed by atoms with E-state index in [0.717, 1.165) is 45.8 Å². The fourth-order valence-corrected chi connectivity index (χ4v) is 12.3. The third-order valence-corrected chi connectivity index (χ3v) is 18.4. The van der Waals surface area contributed by atoms with Crippen molar-refractivity contribution in [3.63, 3.8) is 0 Å². The number of phosphoric acid groups is 2. The smallest absolute Gasteiger partial charge is 0.465 e. The van der Waals surface area contributed by atoms with E-state index in [2.05, 4.69) is 22.0 Å². The lowest BCUT2D eigenvalue weighted by molar-refractivity contribution is -0.187. The molecule has 114 heavy (non-hydrogen) atoms. The number of nitrogens with two attached hydrogens (primary N) is 1. The van der Waals surface area contributed by atoms with E-state index in [1.54, 1.807) is 0 Å². The van der Waals surface area contributed by atoms with Crippen LogP contribution < -0.4 is 11.1 Å². The van der Waals surface area contributed by atoms with E-state index in [4.69, 9.17) is 109 Å². The van der Waals surface area contributed by atoms with Gasteiger partial charge in [0.25, 0.3) is 11.8 Å². The maximum absolute atomic E-state index is 14.7. The first-order chi connectivity index (χ1) is 53.7. The second-order valence-electron chi connectivity index (χ2n) is 24.1. The van der Waals surface area contributed by atoms with E-state index >= 15 is 0 Å². The summed E-state index contributed by atoms with van der Waals surface area (Å²) in [7, 11) is -9.59. The molecule has 6 N–H and O–H groups in total. The number of Topliss-reactive ketones (excluding diaryl/α,β-unsaturated/α-hetero) is 1. The number of carbonyl (C=O) groups excluding carboxylic acids is 14. The summed E-state index contributed by atoms with van der Waals surface area (Å²) in [6.07, 6.45) is -7.92. The molecule has 4 rings (SSSR count). The molecule has 0 aliphatic carbocycles. The lowest BCUT2D eigenvalue weighted by atomic mass is 9.85. The topological polar surface area (TPSA) is 609 Å². The van der Waals surface area contributed by atoms with Crippen LogP contribution in [0.15, 0.2) is 30.5 Å². The Morgan fingerprint density at radius 1 is 0.535 bits per heavy atom. The van der Waals surface area contributed by atoms with Crippen LogP contribution in [0.5, 0.6) is 0 Å². The van der Waals surface area contributed by atoms with Crippen LogP contribution in [0, 0.1) is 21.7 Å². The molecule has 7 unspecified atom stereocenters. The predicted octanol–water partition coefficient (Wildman–Crippen LogP) is -1.12. The molecule has 0 bridgehead atoms. The number of phosphoric ester groups is 2. The Balaban J connectivity index is 0.000000592. The van der Waals surface area contributed by atoms with Crippen molar-refractivity contribution in [1.29, 1.82) is 0 Å². The number of nitrogens with one attached hydrogen (secondary N) is 1. The van der Waals surface area contributed by atoms with Crippen molar-refractivity contribution in [2.24, 2.45) is 27.4 Å². The lowest BCUT2D eigenvalue weighted by Gasteiger charge is -2.33. The minimum Gasteiger partial charge on any atom is -0.465 e. The number of carbonyl (C=O) groups is 14. The quantitative estimate of drug-likeness (QED) is 0.0129. The van der Waals surface area contributed by atoms with Gasteiger partial charge in [-0.15, -0.1) is 5.10 Å². The molecule has 1 aromatic rings. The number of aliphatic hydroxyl groups is 3. The second-order valence-corrected chi connectivity index (χ2v) is 27.4. The molecular weight excluding hydrogens is 1580 g/mol. The summed E-state index contributed by atoms with van der Waals surface area (Å²) in [4.78, 5) is 182. The molecule has 2 amide bonds. The minimum absolute atomic E-state index is 0.0790. The number of aliphatic hydroxyl groups excluding tert-OH is 3. The number of ketones is 1. The predicted molar refractivity (Wildman–Crippen MR) is 369 cm³/mol. The number of amides is 2. The van der Waals surface area contributed by atoms with Crippen LogP contribution in [0.4, 0.5) is 0 Å². The zero-order valence-corrected chi connectivity index (χ0v) is 66.7. The minimum atomic E-state index is -5.42. The van der Waals surface area contributed by atoms with Crippen LogP contribution in [0.25, 0.3) is 0 Å². The van der Waals surface area contributed by atoms with Crippen LogP contribution >= 0.6 is 15.6 Å². The SMILES string of the molecule is C=C1NC(=O)C(C)=CN1[C@H]1CC(O)[C@@H](COP(=O)(OCC(COCOC(C)=O)(C(=O)COC)C(=O)OCC)OCC(COCOC(C)=O)(C(=O)OCC)C(=O)OCC)O1.CCOC(=O)C(COC(C)=O)(COP(=O)(OCC1OC(n2cnc(C(N)=O)n2)C(O)C1O)OCC(COC(C)=O)(C(=O)OCC)C(=O)OCC)C(=O)OCC. The number of hydrogen-bond donors (Lipinski definition) is 5. The van der Waals surface area contributed by atoms with E-state index in [0.29, 0.717) is 5.57 Å². The summed E-state index contributed by atoms with van der Waals surface area (Å²) in [5.74, 6) is -15.6. The van der Waals surface area contributed by atoms with Gasteiger partial charge in [-0.05, 0) is 55.4 Å². The molecule has 644 valence electrons. The van der Waals surface area contributed by atoms with Gasteiger partial charge >= 0.3 is 81.3 Å². The first kappa shape index (κ1) is 99.3. The van der Waals surface area contributed by atoms with Gasteiger partial charge in [-0.25, -0.2) is 18.8 Å². The van der Waals surface area contributed by atoms with E-state index in [9.17, 15) is 91.6 Å². The van der Waals surface area contributed by atoms with Crippen LogP contribution in [0.2, 0.25) is 0 Å². The largest absolute Gasteiger partial charge is 0.474 e. The molecule has 4 heterocycles. The highest BCUT2D eigenvalue weighted by molar-refractivity contribution is 7.48. The first-order valence-corrected chi connectivity index (χ1v) is 37.7. The monoisotopic (exact) mass is 1680 g/mol. The molecule has 1 aromatic heterocycles. The first-order valence-electron chi connectivity index (χ1n) is 34.7. The van der Waals surface area contributed by atoms with Gasteiger partial charge in [0.2, 0.25) is 22.1 Å². The van der Waals surface area contributed by atoms with Gasteiger partial charge in [-0.1, -0.05) is 6.58 Å². The van der Waals surface area contributed by atoms with Crippen LogP contribution in [-0.4, -0.2) is 295 Å². The number of nitrogens with zero attached hydrogens (tertiary/aromatic N) is 4. The highest BCUT2D eigenvalue weighted by atomic mass is 31.2. The lowest BCUT2D eigenvalue weighted by Crippen LogP contribution is -2.50. The van der Waals surface area contributed by atoms with E-state index in [1.807, 2.05) is 0 Å². The normalized spacial score (nSPS) is 19.3. The number of primary amides is 1. The summed E-state index contributed by atoms with van der Waals surface area (Å²) in [6.45, 7) is 4.02. The zero-order chi connectivity index (χ0) is 86.0. The number of rotatable bonds is 50. The van der Waals surface area contributed by atoms with E-state index < -0.39 is 256 Å². The Morgan fingerprint density at radius 3 is 1.27 bits per heavy atom. The zero-order valence-electron chi connectivity index (χ0n) is 64.9. The van der Waals surface area contributed by atoms with Gasteiger partial charge in [0.15, 0.2) is 31.0 Å². The Morgan fingerprint density at radius 2 is 0.904 bits per heavy atom. The number of aromatic nitrogens is 3.